The van der Waals surface area contributed by atoms with Gasteiger partial charge in [0.05, 0.1) is 133 Å². The van der Waals surface area contributed by atoms with Gasteiger partial charge in [-0.25, -0.2) is 29.3 Å². The van der Waals surface area contributed by atoms with Crippen LogP contribution in [0.3, 0.4) is 0 Å². The van der Waals surface area contributed by atoms with E-state index in [-0.39, 0.29) is 25.3 Å². The second-order valence-corrected chi connectivity index (χ2v) is 43.3. The molecule has 18 rings (SSSR count). The summed E-state index contributed by atoms with van der Waals surface area (Å²) >= 11 is 23.7. The summed E-state index contributed by atoms with van der Waals surface area (Å²) in [5.41, 5.74) is 20.6. The predicted molar refractivity (Wildman–Crippen MR) is 555 cm³/mol. The minimum atomic E-state index is -1.17. The van der Waals surface area contributed by atoms with Gasteiger partial charge >= 0.3 is 17.9 Å². The highest BCUT2D eigenvalue weighted by Gasteiger charge is 2.42. The van der Waals surface area contributed by atoms with Crippen LogP contribution in [0.1, 0.15) is 182 Å². The van der Waals surface area contributed by atoms with Gasteiger partial charge in [0.2, 0.25) is 0 Å². The number of thiazole rings is 3. The van der Waals surface area contributed by atoms with Crippen molar-refractivity contribution in [3.05, 3.63) is 211 Å². The lowest BCUT2D eigenvalue weighted by atomic mass is 9.82. The third kappa shape index (κ3) is 21.6. The van der Waals surface area contributed by atoms with Crippen LogP contribution in [0, 0.1) is 20.8 Å². The largest absolute Gasteiger partial charge is 0.479 e. The summed E-state index contributed by atoms with van der Waals surface area (Å²) < 4.78 is 60.7. The van der Waals surface area contributed by atoms with Crippen LogP contribution >= 0.6 is 68.8 Å². The topological polar surface area (TPSA) is 253 Å². The summed E-state index contributed by atoms with van der Waals surface area (Å²) in [6, 6.07) is 48.8. The number of aromatic nitrogens is 9. The van der Waals surface area contributed by atoms with E-state index in [4.69, 9.17) is 108 Å². The molecule has 3 aliphatic rings. The number of likely N-dealkylation sites (tertiary alicyclic amines) is 2. The molecule has 3 atom stereocenters. The lowest BCUT2D eigenvalue weighted by Gasteiger charge is -2.43. The number of carboxylic acid groups (broad SMARTS) is 1. The Hall–Kier alpha value is -10.0. The Morgan fingerprint density at radius 3 is 0.942 bits per heavy atom. The number of carbonyl (C=O) groups is 3. The Kier molecular flexibility index (Phi) is 30.7. The van der Waals surface area contributed by atoms with Crippen LogP contribution in [0.5, 0.6) is 0 Å². The van der Waals surface area contributed by atoms with Gasteiger partial charge in [-0.3, -0.25) is 23.8 Å². The van der Waals surface area contributed by atoms with Gasteiger partial charge in [-0.05, 0) is 252 Å². The van der Waals surface area contributed by atoms with Gasteiger partial charge in [0.25, 0.3) is 0 Å². The van der Waals surface area contributed by atoms with Crippen molar-refractivity contribution in [3.63, 3.8) is 0 Å². The molecule has 30 heteroatoms. The number of hydrogen-bond donors (Lipinski definition) is 1. The van der Waals surface area contributed by atoms with Gasteiger partial charge in [0, 0.05) is 175 Å². The Morgan fingerprint density at radius 2 is 0.681 bits per heavy atom. The fourth-order valence-electron chi connectivity index (χ4n) is 19.0. The summed E-state index contributed by atoms with van der Waals surface area (Å²) in [4.78, 5) is 59.9. The summed E-state index contributed by atoms with van der Waals surface area (Å²) in [6.45, 7) is 33.5. The third-order valence-electron chi connectivity index (χ3n) is 25.5. The molecular weight excluding hydrogens is 1860 g/mol. The number of carbonyl (C=O) groups excluding carboxylic acids is 2. The average molecular weight is 1980 g/mol. The van der Waals surface area contributed by atoms with E-state index in [0.717, 1.165) is 188 Å². The molecule has 2 saturated heterocycles. The number of nitrogens with zero attached hydrogens (tertiary/aromatic N) is 11. The number of fused-ring (bicyclic) bond motifs is 6. The van der Waals surface area contributed by atoms with Gasteiger partial charge in [0.15, 0.2) is 18.3 Å². The molecule has 9 aromatic carbocycles. The highest BCUT2D eigenvalue weighted by atomic mass is 35.5. The van der Waals surface area contributed by atoms with Crippen molar-refractivity contribution in [1.29, 1.82) is 0 Å². The molecule has 6 aromatic heterocycles. The fourth-order valence-corrected chi connectivity index (χ4v) is 22.8. The van der Waals surface area contributed by atoms with Crippen LogP contribution < -0.4 is 0 Å². The van der Waals surface area contributed by atoms with E-state index in [1.165, 1.54) is 30.3 Å². The Morgan fingerprint density at radius 1 is 0.406 bits per heavy atom. The Labute approximate surface area is 833 Å². The number of methoxy groups -OCH3 is 4. The van der Waals surface area contributed by atoms with Crippen LogP contribution in [0.4, 0.5) is 0 Å². The van der Waals surface area contributed by atoms with Crippen LogP contribution in [-0.4, -0.2) is 200 Å². The van der Waals surface area contributed by atoms with Crippen molar-refractivity contribution in [2.75, 3.05) is 94.3 Å². The molecule has 1 N–H and O–H groups in total. The number of aryl methyl sites for hydroxylation is 6. The summed E-state index contributed by atoms with van der Waals surface area (Å²) in [5, 5.41) is 33.2. The van der Waals surface area contributed by atoms with Crippen molar-refractivity contribution in [2.45, 2.75) is 181 Å². The maximum atomic E-state index is 13.5. The molecule has 0 amide bonds. The summed E-state index contributed by atoms with van der Waals surface area (Å²) in [6.07, 6.45) is 0.664. The molecule has 1 aliphatic carbocycles. The zero-order valence-electron chi connectivity index (χ0n) is 82.3. The molecule has 24 nitrogen and oxygen atoms in total. The molecule has 0 radical (unpaired) electrons. The van der Waals surface area contributed by atoms with E-state index in [0.29, 0.717) is 64.8 Å². The lowest BCUT2D eigenvalue weighted by Crippen LogP contribution is -2.54. The minimum Gasteiger partial charge on any atom is -0.479 e. The first-order chi connectivity index (χ1) is 65.8. The predicted octanol–water partition coefficient (Wildman–Crippen LogP) is 24.6. The van der Waals surface area contributed by atoms with E-state index < -0.39 is 53.0 Å². The molecule has 15 aromatic rings. The molecule has 3 fully saturated rings. The van der Waals surface area contributed by atoms with Gasteiger partial charge in [0.1, 0.15) is 15.0 Å². The first-order valence-electron chi connectivity index (χ1n) is 46.9. The van der Waals surface area contributed by atoms with Crippen molar-refractivity contribution >= 4 is 150 Å². The number of benzene rings is 9. The van der Waals surface area contributed by atoms with Crippen molar-refractivity contribution in [2.24, 2.45) is 21.1 Å². The minimum absolute atomic E-state index is 0.215. The average Bonchev–Trinajstić information content (AvgIpc) is 1.55. The molecule has 0 bridgehead atoms. The highest BCUT2D eigenvalue weighted by Crippen LogP contribution is 2.52. The van der Waals surface area contributed by atoms with Gasteiger partial charge in [-0.2, -0.15) is 15.3 Å². The van der Waals surface area contributed by atoms with Crippen molar-refractivity contribution in [1.82, 2.24) is 54.1 Å². The first kappa shape index (κ1) is 101. The van der Waals surface area contributed by atoms with E-state index >= 15 is 0 Å². The number of halogens is 3. The number of hydrogen-bond acceptors (Lipinski definition) is 23. The number of aliphatic carboxylic acids is 1. The maximum absolute atomic E-state index is 13.5. The monoisotopic (exact) mass is 1980 g/mol. The van der Waals surface area contributed by atoms with E-state index in [1.807, 2.05) is 211 Å². The van der Waals surface area contributed by atoms with Crippen molar-refractivity contribution in [3.8, 4) is 65.1 Å². The first-order valence-corrected chi connectivity index (χ1v) is 50.5. The zero-order valence-corrected chi connectivity index (χ0v) is 87.0. The second-order valence-electron chi connectivity index (χ2n) is 39.0. The van der Waals surface area contributed by atoms with Crippen LogP contribution in [-0.2, 0) is 78.2 Å². The van der Waals surface area contributed by atoms with Crippen molar-refractivity contribution < 1.29 is 62.1 Å². The van der Waals surface area contributed by atoms with Gasteiger partial charge in [-0.1, -0.05) is 77.6 Å². The number of esters is 2. The molecular formula is C108H122Cl3N11O13S3. The zero-order chi connectivity index (χ0) is 98.4. The summed E-state index contributed by atoms with van der Waals surface area (Å²) in [5.74, 6) is -0.709. The number of carboxylic acids is 1. The third-order valence-corrected chi connectivity index (χ3v) is 29.7. The molecule has 1 saturated carbocycles. The SMILES string of the molecule is CCOC(=O)[C@@H](OC(C)(C)C)c1c(C)cc2nc(-c3ccc4c(c3)c(C3CCC3)nn4C)sc2c1-c1ccc(Cl)cc1.CCOC(=O)[C@@H](OC(C)(C)C)c1c(C)cc2nc(-c3ccc4c(c3)c(C3CN(C(COC)COC)C3)nn4C)sc2c1-c1ccc(Cl)cc1.COCC(COC)N1CC(c2nn(C)c3ccc(-c4nc5cc(C)c([C@H](OC(C)(C)C)C(=O)O)c(-c6ccc(Cl)cc6)c5s4)cc23)C1. The van der Waals surface area contributed by atoms with E-state index in [9.17, 15) is 19.5 Å². The highest BCUT2D eigenvalue weighted by molar-refractivity contribution is 7.23. The van der Waals surface area contributed by atoms with Crippen LogP contribution in [0.15, 0.2) is 146 Å². The molecule has 8 heterocycles. The molecule has 0 unspecified atom stereocenters. The van der Waals surface area contributed by atoms with Gasteiger partial charge < -0.3 is 47.7 Å². The standard InChI is InChI=1S/C38H45ClN4O5S.C36H41ClN4O5S.C34H36ClN3O3S/c1-9-47-37(44)34(48-38(3,4)5)31-22(2)16-29-35(32(31)23-10-13-26(39)14-11-23)49-36(40-29)24-12-15-30-28(17-24)33(41-42(30)6)25-18-43(19-25)27(20-45-7)21-46-8;1-20-14-27-33(30(21-8-11-24(37)12-9-21)29(20)32(35(42)43)46-36(2,3)4)47-34(38-27)22-10-13-28-26(15-22)31(39-40(28)5)23-16-41(17-23)25(18-44-6)19-45-7;1-7-40-33(39)30(41-34(3,4)5)27-19(2)17-25-31(28(27)20-11-14-23(35)15-12-20)42-32(36-25)22-13-16-26-24(18-22)29(37-38(26)6)21-9-8-10-21/h10-17,25,27,34H,9,18-21H2,1-8H3;8-15,23,25,32H,16-19H2,1-7H3,(H,42,43);11-18,21,30H,7-10H2,1-6H3/t34-;32-;30-/m000/s1. The van der Waals surface area contributed by atoms with Crippen LogP contribution in [0.25, 0.3) is 128 Å². The van der Waals surface area contributed by atoms with Gasteiger partial charge in [-0.15, -0.1) is 34.0 Å². The van der Waals surface area contributed by atoms with E-state index in [1.54, 1.807) is 62.4 Å². The second kappa shape index (κ2) is 42.0. The van der Waals surface area contributed by atoms with Crippen LogP contribution in [0.2, 0.25) is 15.1 Å². The lowest BCUT2D eigenvalue weighted by molar-refractivity contribution is -0.167. The molecule has 138 heavy (non-hydrogen) atoms. The maximum Gasteiger partial charge on any atom is 0.339 e. The quantitative estimate of drug-likeness (QED) is 0.0411. The molecule has 0 spiro atoms. The summed E-state index contributed by atoms with van der Waals surface area (Å²) in [7, 11) is 12.9. The number of rotatable bonds is 30. The van der Waals surface area contributed by atoms with E-state index in [2.05, 4.69) is 76.5 Å². The molecule has 2 aliphatic heterocycles. The smallest absolute Gasteiger partial charge is 0.339 e. The normalized spacial score (nSPS) is 15.0. The fraction of sp³-hybridized carbons (Fsp3) is 0.417. The number of ether oxygens (including phenoxy) is 9. The molecule has 726 valence electrons. The Balaban J connectivity index is 0.000000150. The Bertz CT molecular complexity index is 6980.